The SMILES string of the molecule is Cc1ccncc1C(=O)OC1CCC2(C)C(=CCC3C4=CC=C(OS(=O)(=O)C(F)(F)F)C4(C)CCC32)C1. The van der Waals surface area contributed by atoms with Crippen LogP contribution in [0.4, 0.5) is 13.2 Å². The van der Waals surface area contributed by atoms with E-state index in [0.717, 1.165) is 30.4 Å². The predicted octanol–water partition coefficient (Wildman–Crippen LogP) is 6.16. The van der Waals surface area contributed by atoms with Gasteiger partial charge in [-0.3, -0.25) is 4.98 Å². The summed E-state index contributed by atoms with van der Waals surface area (Å²) in [4.78, 5) is 16.8. The lowest BCUT2D eigenvalue weighted by atomic mass is 9.49. The first-order chi connectivity index (χ1) is 17.3. The number of esters is 1. The van der Waals surface area contributed by atoms with Crippen molar-refractivity contribution < 1.29 is 35.3 Å². The average Bonchev–Trinajstić information content (AvgIpc) is 3.14. The van der Waals surface area contributed by atoms with Crippen molar-refractivity contribution in [2.45, 2.75) is 70.9 Å². The molecule has 5 rings (SSSR count). The van der Waals surface area contributed by atoms with E-state index in [1.807, 2.05) is 6.92 Å². The lowest BCUT2D eigenvalue weighted by Gasteiger charge is -2.55. The van der Waals surface area contributed by atoms with E-state index in [1.54, 1.807) is 25.3 Å². The molecular formula is C27H30F3NO5S. The molecule has 0 bridgehead atoms. The van der Waals surface area contributed by atoms with Crippen molar-refractivity contribution in [2.24, 2.45) is 22.7 Å². The van der Waals surface area contributed by atoms with Crippen LogP contribution in [0.2, 0.25) is 0 Å². The quantitative estimate of drug-likeness (QED) is 0.198. The Morgan fingerprint density at radius 1 is 1.16 bits per heavy atom. The second kappa shape index (κ2) is 8.71. The van der Waals surface area contributed by atoms with Crippen LogP contribution >= 0.6 is 0 Å². The molecule has 5 atom stereocenters. The van der Waals surface area contributed by atoms with Crippen LogP contribution in [0.25, 0.3) is 0 Å². The number of alkyl halides is 3. The van der Waals surface area contributed by atoms with E-state index < -0.39 is 21.0 Å². The topological polar surface area (TPSA) is 82.6 Å². The third-order valence-electron chi connectivity index (χ3n) is 9.05. The molecule has 2 fully saturated rings. The summed E-state index contributed by atoms with van der Waals surface area (Å²) in [7, 11) is -5.73. The highest BCUT2D eigenvalue weighted by Crippen LogP contribution is 2.64. The molecule has 1 aromatic heterocycles. The molecule has 37 heavy (non-hydrogen) atoms. The number of hydrogen-bond acceptors (Lipinski definition) is 6. The fourth-order valence-corrected chi connectivity index (χ4v) is 7.45. The number of nitrogens with zero attached hydrogens (tertiary/aromatic N) is 1. The van der Waals surface area contributed by atoms with Crippen LogP contribution in [0.1, 0.15) is 68.3 Å². The third kappa shape index (κ3) is 4.21. The van der Waals surface area contributed by atoms with Crippen molar-refractivity contribution >= 4 is 16.1 Å². The van der Waals surface area contributed by atoms with Gasteiger partial charge in [-0.2, -0.15) is 21.6 Å². The van der Waals surface area contributed by atoms with Gasteiger partial charge in [0.15, 0.2) is 0 Å². The Morgan fingerprint density at radius 3 is 2.62 bits per heavy atom. The molecule has 200 valence electrons. The fraction of sp³-hybridized carbons (Fsp3) is 0.556. The van der Waals surface area contributed by atoms with E-state index in [2.05, 4.69) is 22.2 Å². The number of carbonyl (C=O) groups is 1. The minimum absolute atomic E-state index is 0.0792. The molecular weight excluding hydrogens is 507 g/mol. The number of pyridine rings is 1. The molecule has 0 saturated heterocycles. The molecule has 0 radical (unpaired) electrons. The van der Waals surface area contributed by atoms with E-state index in [-0.39, 0.29) is 35.1 Å². The van der Waals surface area contributed by atoms with Gasteiger partial charge >= 0.3 is 21.6 Å². The number of aryl methyl sites for hydroxylation is 1. The van der Waals surface area contributed by atoms with Gasteiger partial charge in [0.05, 0.1) is 5.56 Å². The molecule has 1 heterocycles. The number of rotatable bonds is 4. The zero-order chi connectivity index (χ0) is 26.8. The number of aromatic nitrogens is 1. The largest absolute Gasteiger partial charge is 0.534 e. The van der Waals surface area contributed by atoms with Crippen LogP contribution in [-0.4, -0.2) is 31.0 Å². The van der Waals surface area contributed by atoms with Crippen molar-refractivity contribution in [3.8, 4) is 0 Å². The molecule has 1 aromatic rings. The highest BCUT2D eigenvalue weighted by Gasteiger charge is 2.57. The van der Waals surface area contributed by atoms with Crippen LogP contribution in [-0.2, 0) is 19.0 Å². The molecule has 10 heteroatoms. The highest BCUT2D eigenvalue weighted by molar-refractivity contribution is 7.87. The summed E-state index contributed by atoms with van der Waals surface area (Å²) < 4.78 is 72.8. The summed E-state index contributed by atoms with van der Waals surface area (Å²) in [6.45, 7) is 5.85. The van der Waals surface area contributed by atoms with Crippen LogP contribution in [0.15, 0.2) is 53.6 Å². The maximum Gasteiger partial charge on any atom is 0.534 e. The van der Waals surface area contributed by atoms with Gasteiger partial charge in [-0.05, 0) is 80.9 Å². The number of fused-ring (bicyclic) bond motifs is 5. The smallest absolute Gasteiger partial charge is 0.458 e. The molecule has 0 amide bonds. The van der Waals surface area contributed by atoms with Gasteiger partial charge in [0, 0.05) is 24.2 Å². The van der Waals surface area contributed by atoms with E-state index >= 15 is 0 Å². The van der Waals surface area contributed by atoms with Crippen LogP contribution in [0.5, 0.6) is 0 Å². The Labute approximate surface area is 214 Å². The van der Waals surface area contributed by atoms with Crippen molar-refractivity contribution in [2.75, 3.05) is 0 Å². The summed E-state index contributed by atoms with van der Waals surface area (Å²) in [6.07, 6.45) is 12.4. The second-order valence-corrected chi connectivity index (χ2v) is 12.6. The van der Waals surface area contributed by atoms with E-state index in [0.29, 0.717) is 24.8 Å². The molecule has 5 unspecified atom stereocenters. The first kappa shape index (κ1) is 26.0. The first-order valence-corrected chi connectivity index (χ1v) is 13.9. The lowest BCUT2D eigenvalue weighted by Crippen LogP contribution is -2.48. The average molecular weight is 538 g/mol. The molecule has 0 aliphatic heterocycles. The summed E-state index contributed by atoms with van der Waals surface area (Å²) >= 11 is 0. The monoisotopic (exact) mass is 537 g/mol. The summed E-state index contributed by atoms with van der Waals surface area (Å²) in [6, 6.07) is 1.77. The molecule has 4 aliphatic rings. The van der Waals surface area contributed by atoms with Crippen molar-refractivity contribution in [3.05, 3.63) is 64.7 Å². The Balaban J connectivity index is 1.32. The van der Waals surface area contributed by atoms with Gasteiger partial charge in [0.2, 0.25) is 0 Å². The van der Waals surface area contributed by atoms with Crippen LogP contribution in [0.3, 0.4) is 0 Å². The second-order valence-electron chi connectivity index (χ2n) is 11.1. The Kier molecular flexibility index (Phi) is 6.12. The Bertz CT molecular complexity index is 1330. The maximum absolute atomic E-state index is 13.0. The number of halogens is 3. The number of carbonyl (C=O) groups excluding carboxylic acids is 1. The summed E-state index contributed by atoms with van der Waals surface area (Å²) in [5.41, 5.74) is -3.00. The van der Waals surface area contributed by atoms with Gasteiger partial charge in [-0.15, -0.1) is 0 Å². The highest BCUT2D eigenvalue weighted by atomic mass is 32.2. The Morgan fingerprint density at radius 2 is 1.92 bits per heavy atom. The van der Waals surface area contributed by atoms with E-state index in [9.17, 15) is 26.4 Å². The summed E-state index contributed by atoms with van der Waals surface area (Å²) in [5, 5.41) is 0. The number of ether oxygens (including phenoxy) is 1. The van der Waals surface area contributed by atoms with Crippen molar-refractivity contribution in [3.63, 3.8) is 0 Å². The molecule has 2 saturated carbocycles. The zero-order valence-electron chi connectivity index (χ0n) is 21.0. The van der Waals surface area contributed by atoms with Crippen molar-refractivity contribution in [1.82, 2.24) is 4.98 Å². The molecule has 4 aliphatic carbocycles. The predicted molar refractivity (Wildman–Crippen MR) is 129 cm³/mol. The normalized spacial score (nSPS) is 33.2. The minimum atomic E-state index is -5.73. The summed E-state index contributed by atoms with van der Waals surface area (Å²) in [5.74, 6) is -0.184. The van der Waals surface area contributed by atoms with Gasteiger partial charge < -0.3 is 8.92 Å². The van der Waals surface area contributed by atoms with Gasteiger partial charge in [-0.25, -0.2) is 4.79 Å². The molecule has 0 spiro atoms. The number of allylic oxidation sites excluding steroid dienone is 4. The van der Waals surface area contributed by atoms with Crippen LogP contribution < -0.4 is 0 Å². The fourth-order valence-electron chi connectivity index (χ4n) is 6.88. The van der Waals surface area contributed by atoms with Gasteiger partial charge in [0.1, 0.15) is 11.9 Å². The van der Waals surface area contributed by atoms with E-state index in [1.165, 1.54) is 17.8 Å². The standard InChI is InChI=1S/C27H30F3NO5S/c1-16-10-13-31-15-20(16)24(32)35-18-8-11-25(2)17(14-18)4-5-19-21-6-7-23(26(21,3)12-9-22(19)25)36-37(33,34)27(28,29)30/h4,6-7,10,13,15,18-19,22H,5,8-9,11-12,14H2,1-3H3. The molecule has 0 N–H and O–H groups in total. The minimum Gasteiger partial charge on any atom is -0.458 e. The maximum atomic E-state index is 13.0. The Hall–Kier alpha value is -2.62. The van der Waals surface area contributed by atoms with Crippen LogP contribution in [0, 0.1) is 29.6 Å². The zero-order valence-corrected chi connectivity index (χ0v) is 21.8. The first-order valence-electron chi connectivity index (χ1n) is 12.5. The van der Waals surface area contributed by atoms with Gasteiger partial charge in [-0.1, -0.05) is 30.2 Å². The number of hydrogen-bond donors (Lipinski definition) is 0. The molecule has 6 nitrogen and oxygen atoms in total. The third-order valence-corrected chi connectivity index (χ3v) is 10.0. The lowest BCUT2D eigenvalue weighted by molar-refractivity contribution is -0.0535. The van der Waals surface area contributed by atoms with Gasteiger partial charge in [0.25, 0.3) is 0 Å². The van der Waals surface area contributed by atoms with Crippen molar-refractivity contribution in [1.29, 1.82) is 0 Å². The molecule has 0 aromatic carbocycles. The van der Waals surface area contributed by atoms with E-state index in [4.69, 9.17) is 4.74 Å².